The van der Waals surface area contributed by atoms with Gasteiger partial charge in [-0.3, -0.25) is 4.90 Å². The van der Waals surface area contributed by atoms with E-state index >= 15 is 0 Å². The van der Waals surface area contributed by atoms with Crippen molar-refractivity contribution >= 4 is 22.6 Å². The van der Waals surface area contributed by atoms with Crippen molar-refractivity contribution in [2.45, 2.75) is 75.7 Å². The first kappa shape index (κ1) is 41.7. The van der Waals surface area contributed by atoms with Crippen molar-refractivity contribution in [2.24, 2.45) is 22.9 Å². The maximum atomic E-state index is 14.7. The van der Waals surface area contributed by atoms with E-state index in [0.29, 0.717) is 43.1 Å². The first-order chi connectivity index (χ1) is 27.9. The highest BCUT2D eigenvalue weighted by molar-refractivity contribution is 6.03. The molecule has 0 radical (unpaired) electrons. The van der Waals surface area contributed by atoms with E-state index in [4.69, 9.17) is 28.9 Å². The van der Waals surface area contributed by atoms with Crippen LogP contribution in [0.5, 0.6) is 11.5 Å². The van der Waals surface area contributed by atoms with Crippen LogP contribution in [0, 0.1) is 17.8 Å². The largest absolute Gasteiger partial charge is 0.490 e. The van der Waals surface area contributed by atoms with Gasteiger partial charge >= 0.3 is 6.09 Å². The molecule has 3 aromatic carbocycles. The Morgan fingerprint density at radius 2 is 1.74 bits per heavy atom. The number of allylic oxidation sites excluding steroid dienone is 1. The molecule has 6 unspecified atom stereocenters. The lowest BCUT2D eigenvalue weighted by Crippen LogP contribution is -2.70. The normalized spacial score (nSPS) is 24.0. The lowest BCUT2D eigenvalue weighted by molar-refractivity contribution is -0.256. The van der Waals surface area contributed by atoms with Gasteiger partial charge in [-0.05, 0) is 84.0 Å². The standard InChI is InChI=1S/C47H58N2O8/c1-5-8-28-55-46(52)49(32-35-19-15-18-33-16-9-10-20-37(33)35)43-31-41(48-53-4)39-29-34(17-11-13-24-50)38(21-12-14-25-51)44-40-30-36(54-26-6-2)22-23-42(40)57-47(43,45(39)44)56-27-7-3/h5-7,9-10,15-16,18-20,22-23,29-30,34,38,43-45,50-51H,1-3,8,11-14,17,21,24-28,31-32H2,4H3. The Morgan fingerprint density at radius 3 is 2.49 bits per heavy atom. The molecule has 304 valence electrons. The monoisotopic (exact) mass is 778 g/mol. The number of aliphatic hydroxyl groups is 2. The Hall–Kier alpha value is -4.90. The van der Waals surface area contributed by atoms with Crippen molar-refractivity contribution < 1.29 is 38.8 Å². The van der Waals surface area contributed by atoms with Crippen molar-refractivity contribution in [3.8, 4) is 11.5 Å². The van der Waals surface area contributed by atoms with E-state index in [1.54, 1.807) is 30.2 Å². The van der Waals surface area contributed by atoms with Gasteiger partial charge in [0.1, 0.15) is 31.3 Å². The molecule has 0 aromatic heterocycles. The van der Waals surface area contributed by atoms with E-state index < -0.39 is 23.8 Å². The minimum atomic E-state index is -1.42. The average Bonchev–Trinajstić information content (AvgIpc) is 3.23. The summed E-state index contributed by atoms with van der Waals surface area (Å²) in [6, 6.07) is 19.4. The Morgan fingerprint density at radius 1 is 0.965 bits per heavy atom. The van der Waals surface area contributed by atoms with Crippen LogP contribution in [0.1, 0.15) is 68.4 Å². The number of fused-ring (bicyclic) bond motifs is 3. The predicted molar refractivity (Wildman–Crippen MR) is 223 cm³/mol. The van der Waals surface area contributed by atoms with Crippen LogP contribution in [-0.2, 0) is 20.9 Å². The summed E-state index contributed by atoms with van der Waals surface area (Å²) in [6.45, 7) is 12.8. The molecule has 2 N–H and O–H groups in total. The van der Waals surface area contributed by atoms with Gasteiger partial charge in [-0.2, -0.15) is 0 Å². The van der Waals surface area contributed by atoms with Crippen LogP contribution in [0.2, 0.25) is 0 Å². The summed E-state index contributed by atoms with van der Waals surface area (Å²) < 4.78 is 26.5. The SMILES string of the molecule is C=CCCOC(=O)N(Cc1cccc2ccccc12)C1CC(=NOC)C2=CC(CCCCO)C(CCCCO)C3c4cc(OCC=C)ccc4OC1(OCC=C)C23. The molecule has 1 heterocycles. The first-order valence-corrected chi connectivity index (χ1v) is 20.3. The molecule has 0 saturated heterocycles. The van der Waals surface area contributed by atoms with E-state index in [2.05, 4.69) is 50.1 Å². The molecule has 1 amide bonds. The second-order valence-corrected chi connectivity index (χ2v) is 15.0. The van der Waals surface area contributed by atoms with Gasteiger partial charge in [0, 0.05) is 31.1 Å². The minimum absolute atomic E-state index is 0.0848. The molecule has 57 heavy (non-hydrogen) atoms. The lowest BCUT2D eigenvalue weighted by atomic mass is 9.55. The molecule has 3 aromatic rings. The molecule has 3 aliphatic rings. The highest BCUT2D eigenvalue weighted by Crippen LogP contribution is 2.62. The number of aliphatic hydroxyl groups excluding tert-OH is 2. The molecular formula is C47H58N2O8. The third-order valence-electron chi connectivity index (χ3n) is 11.6. The van der Waals surface area contributed by atoms with Gasteiger partial charge in [0.15, 0.2) is 0 Å². The fourth-order valence-electron chi connectivity index (χ4n) is 9.23. The molecule has 10 heteroatoms. The Kier molecular flexibility index (Phi) is 14.6. The molecule has 10 nitrogen and oxygen atoms in total. The van der Waals surface area contributed by atoms with Crippen molar-refractivity contribution in [1.82, 2.24) is 4.90 Å². The summed E-state index contributed by atoms with van der Waals surface area (Å²) in [7, 11) is 1.54. The third kappa shape index (κ3) is 8.98. The quantitative estimate of drug-likeness (QED) is 0.0626. The summed E-state index contributed by atoms with van der Waals surface area (Å²) in [6.07, 6.45) is 12.5. The molecule has 6 rings (SSSR count). The zero-order chi connectivity index (χ0) is 40.2. The van der Waals surface area contributed by atoms with Crippen LogP contribution >= 0.6 is 0 Å². The topological polar surface area (TPSA) is 119 Å². The second-order valence-electron chi connectivity index (χ2n) is 15.0. The maximum absolute atomic E-state index is 14.7. The molecular weight excluding hydrogens is 721 g/mol. The van der Waals surface area contributed by atoms with Crippen LogP contribution in [0.4, 0.5) is 4.79 Å². The minimum Gasteiger partial charge on any atom is -0.490 e. The van der Waals surface area contributed by atoms with E-state index in [-0.39, 0.29) is 57.1 Å². The lowest BCUT2D eigenvalue weighted by Gasteiger charge is -2.59. The number of hydrogen-bond donors (Lipinski definition) is 2. The molecule has 1 aliphatic heterocycles. The Labute approximate surface area is 337 Å². The third-order valence-corrected chi connectivity index (χ3v) is 11.6. The van der Waals surface area contributed by atoms with E-state index in [0.717, 1.165) is 53.2 Å². The molecule has 2 aliphatic carbocycles. The molecule has 0 spiro atoms. The van der Waals surface area contributed by atoms with E-state index in [1.807, 2.05) is 36.4 Å². The number of rotatable bonds is 21. The zero-order valence-electron chi connectivity index (χ0n) is 33.2. The van der Waals surface area contributed by atoms with Gasteiger partial charge in [0.25, 0.3) is 0 Å². The number of nitrogens with zero attached hydrogens (tertiary/aromatic N) is 2. The fourth-order valence-corrected chi connectivity index (χ4v) is 9.23. The summed E-state index contributed by atoms with van der Waals surface area (Å²) in [5.74, 6) is -0.498. The number of carbonyl (C=O) groups is 1. The van der Waals surface area contributed by atoms with E-state index in [1.165, 1.54) is 0 Å². The van der Waals surface area contributed by atoms with Crippen LogP contribution in [0.25, 0.3) is 10.8 Å². The highest BCUT2D eigenvalue weighted by atomic mass is 16.7. The van der Waals surface area contributed by atoms with Gasteiger partial charge in [-0.1, -0.05) is 91.3 Å². The number of benzene rings is 3. The first-order valence-electron chi connectivity index (χ1n) is 20.3. The van der Waals surface area contributed by atoms with Crippen LogP contribution in [0.3, 0.4) is 0 Å². The molecule has 1 saturated carbocycles. The highest BCUT2D eigenvalue weighted by Gasteiger charge is 2.65. The van der Waals surface area contributed by atoms with Crippen molar-refractivity contribution in [3.05, 3.63) is 121 Å². The summed E-state index contributed by atoms with van der Waals surface area (Å²) in [5, 5.41) is 26.5. The zero-order valence-corrected chi connectivity index (χ0v) is 33.2. The van der Waals surface area contributed by atoms with Crippen molar-refractivity contribution in [2.75, 3.05) is 40.1 Å². The van der Waals surface area contributed by atoms with Crippen LogP contribution in [-0.4, -0.2) is 78.9 Å². The number of amides is 1. The average molecular weight is 779 g/mol. The van der Waals surface area contributed by atoms with Gasteiger partial charge < -0.3 is 34.0 Å². The van der Waals surface area contributed by atoms with Crippen molar-refractivity contribution in [1.29, 1.82) is 0 Å². The van der Waals surface area contributed by atoms with Crippen molar-refractivity contribution in [3.63, 3.8) is 0 Å². The summed E-state index contributed by atoms with van der Waals surface area (Å²) >= 11 is 0. The Balaban J connectivity index is 1.60. The van der Waals surface area contributed by atoms with Gasteiger partial charge in [0.05, 0.1) is 31.4 Å². The number of unbranched alkanes of at least 4 members (excludes halogenated alkanes) is 2. The molecule has 6 atom stereocenters. The maximum Gasteiger partial charge on any atom is 0.410 e. The van der Waals surface area contributed by atoms with Gasteiger partial charge in [0.2, 0.25) is 5.79 Å². The van der Waals surface area contributed by atoms with Gasteiger partial charge in [-0.15, -0.1) is 13.2 Å². The Bertz CT molecular complexity index is 1920. The van der Waals surface area contributed by atoms with E-state index in [9.17, 15) is 15.0 Å². The molecule has 0 bridgehead atoms. The predicted octanol–water partition coefficient (Wildman–Crippen LogP) is 8.88. The fraction of sp³-hybridized carbons (Fsp3) is 0.447. The summed E-state index contributed by atoms with van der Waals surface area (Å²) in [5.41, 5.74) is 3.61. The number of ether oxygens (including phenoxy) is 4. The number of oxime groups is 1. The molecule has 1 fully saturated rings. The van der Waals surface area contributed by atoms with Crippen LogP contribution in [0.15, 0.2) is 115 Å². The number of carbonyl (C=O) groups excluding carboxylic acids is 1. The second kappa shape index (κ2) is 20.0. The number of hydrogen-bond acceptors (Lipinski definition) is 9. The summed E-state index contributed by atoms with van der Waals surface area (Å²) in [4.78, 5) is 22.0. The van der Waals surface area contributed by atoms with Gasteiger partial charge in [-0.25, -0.2) is 4.79 Å². The van der Waals surface area contributed by atoms with Crippen LogP contribution < -0.4 is 9.47 Å². The smallest absolute Gasteiger partial charge is 0.410 e.